The number of hydrogen-bond donors (Lipinski definition) is 3. The zero-order valence-corrected chi connectivity index (χ0v) is 25.8. The molecule has 0 fully saturated rings. The molecule has 0 saturated carbocycles. The van der Waals surface area contributed by atoms with E-state index in [1.165, 1.54) is 12.0 Å². The molecule has 0 radical (unpaired) electrons. The molecule has 0 unspecified atom stereocenters. The van der Waals surface area contributed by atoms with Crippen LogP contribution in [0.3, 0.4) is 0 Å². The third-order valence-corrected chi connectivity index (χ3v) is 7.17. The van der Waals surface area contributed by atoms with E-state index in [0.29, 0.717) is 65.1 Å². The molecule has 0 atom stereocenters. The van der Waals surface area contributed by atoms with Gasteiger partial charge in [-0.3, -0.25) is 9.59 Å². The molecule has 5 rings (SSSR count). The summed E-state index contributed by atoms with van der Waals surface area (Å²) in [6.07, 6.45) is 0.668. The van der Waals surface area contributed by atoms with Crippen molar-refractivity contribution in [1.29, 1.82) is 0 Å². The molecule has 12 heteroatoms. The van der Waals surface area contributed by atoms with Crippen LogP contribution in [0.25, 0.3) is 11.4 Å². The minimum Gasteiger partial charge on any atom is -0.495 e. The Morgan fingerprint density at radius 2 is 1.74 bits per heavy atom. The van der Waals surface area contributed by atoms with Crippen molar-refractivity contribution in [2.24, 2.45) is 5.73 Å². The van der Waals surface area contributed by atoms with Gasteiger partial charge >= 0.3 is 0 Å². The van der Waals surface area contributed by atoms with Crippen LogP contribution >= 0.6 is 0 Å². The fraction of sp³-hybridized carbons (Fsp3) is 0.206. The molecular formula is C34H35N7O5. The van der Waals surface area contributed by atoms with E-state index in [1.807, 2.05) is 49.4 Å². The summed E-state index contributed by atoms with van der Waals surface area (Å²) in [5.41, 5.74) is 10.1. The van der Waals surface area contributed by atoms with Crippen LogP contribution in [0.5, 0.6) is 17.2 Å². The number of anilines is 2. The number of nitrogens with one attached hydrogen (secondary N) is 2. The van der Waals surface area contributed by atoms with E-state index in [1.54, 1.807) is 49.5 Å². The first-order chi connectivity index (χ1) is 22.4. The Hall–Kier alpha value is -5.75. The van der Waals surface area contributed by atoms with Gasteiger partial charge in [-0.15, -0.1) is 10.2 Å². The highest BCUT2D eigenvalue weighted by Gasteiger charge is 2.21. The number of nitrogens with two attached hydrogens (primary N) is 1. The molecular weight excluding hydrogens is 586 g/mol. The number of H-pyrrole nitrogens is 1. The number of rotatable bonds is 13. The van der Waals surface area contributed by atoms with E-state index in [-0.39, 0.29) is 18.4 Å². The maximum atomic E-state index is 13.7. The lowest BCUT2D eigenvalue weighted by Crippen LogP contribution is -2.27. The van der Waals surface area contributed by atoms with Gasteiger partial charge in [0, 0.05) is 18.2 Å². The number of aryl methyl sites for hydroxylation is 1. The molecule has 0 saturated heterocycles. The predicted octanol–water partition coefficient (Wildman–Crippen LogP) is 5.02. The summed E-state index contributed by atoms with van der Waals surface area (Å²) in [7, 11) is 3.16. The number of benzene rings is 4. The van der Waals surface area contributed by atoms with E-state index in [9.17, 15) is 9.59 Å². The number of para-hydroxylation sites is 1. The summed E-state index contributed by atoms with van der Waals surface area (Å²) in [5.74, 6) is 1.20. The number of amides is 2. The second kappa shape index (κ2) is 14.8. The van der Waals surface area contributed by atoms with Crippen molar-refractivity contribution >= 4 is 23.2 Å². The number of aromatic nitrogens is 4. The molecule has 4 aromatic carbocycles. The molecule has 1 heterocycles. The molecule has 0 aliphatic heterocycles. The Morgan fingerprint density at radius 1 is 0.935 bits per heavy atom. The van der Waals surface area contributed by atoms with Gasteiger partial charge in [-0.1, -0.05) is 42.5 Å². The summed E-state index contributed by atoms with van der Waals surface area (Å²) in [5, 5.41) is 16.9. The van der Waals surface area contributed by atoms with Gasteiger partial charge in [-0.05, 0) is 78.7 Å². The van der Waals surface area contributed by atoms with Crippen molar-refractivity contribution in [3.05, 3.63) is 107 Å². The average Bonchev–Trinajstić information content (AvgIpc) is 3.63. The predicted molar refractivity (Wildman–Crippen MR) is 174 cm³/mol. The lowest BCUT2D eigenvalue weighted by Gasteiger charge is -2.22. The number of hydrogen-bond acceptors (Lipinski definition) is 9. The average molecular weight is 622 g/mol. The van der Waals surface area contributed by atoms with Crippen LogP contribution in [-0.4, -0.2) is 59.7 Å². The summed E-state index contributed by atoms with van der Waals surface area (Å²) in [6, 6.07) is 25.1. The van der Waals surface area contributed by atoms with Gasteiger partial charge in [-0.2, -0.15) is 5.21 Å². The summed E-state index contributed by atoms with van der Waals surface area (Å²) >= 11 is 0. The Kier molecular flexibility index (Phi) is 10.2. The zero-order valence-electron chi connectivity index (χ0n) is 25.8. The molecule has 1 aromatic heterocycles. The van der Waals surface area contributed by atoms with Crippen molar-refractivity contribution in [1.82, 2.24) is 20.6 Å². The highest BCUT2D eigenvalue weighted by atomic mass is 16.5. The van der Waals surface area contributed by atoms with Crippen LogP contribution in [0.1, 0.15) is 38.3 Å². The molecule has 0 spiro atoms. The van der Waals surface area contributed by atoms with Crippen LogP contribution < -0.4 is 30.2 Å². The van der Waals surface area contributed by atoms with Crippen molar-refractivity contribution in [2.45, 2.75) is 20.0 Å². The lowest BCUT2D eigenvalue weighted by atomic mass is 10.1. The molecule has 46 heavy (non-hydrogen) atoms. The molecule has 12 nitrogen and oxygen atoms in total. The number of carbonyl (C=O) groups is 2. The Morgan fingerprint density at radius 3 is 2.48 bits per heavy atom. The van der Waals surface area contributed by atoms with E-state index < -0.39 is 0 Å². The topological polar surface area (TPSA) is 158 Å². The molecule has 0 bridgehead atoms. The SMILES string of the molecule is COc1cc(C(=O)N(C)c2ccc(C)cc2OCc2ccc(-c3nn[nH]n3)cc2)ccc1NC(=O)c1ccccc1OCCCN. The third kappa shape index (κ3) is 7.48. The minimum absolute atomic E-state index is 0.284. The van der Waals surface area contributed by atoms with Gasteiger partial charge in [0.15, 0.2) is 0 Å². The lowest BCUT2D eigenvalue weighted by molar-refractivity contribution is 0.0990. The standard InChI is InChI=1S/C34H35N7O5/c1-22-9-16-28(31(19-22)46-21-23-10-12-24(13-11-23)32-37-39-40-38-32)41(2)34(43)25-14-15-27(30(20-25)44-3)36-33(42)26-7-4-5-8-29(26)45-18-6-17-35/h4-5,7-16,19-20H,6,17-18,21,35H2,1-3H3,(H,36,42)(H,37,38,39,40). The highest BCUT2D eigenvalue weighted by Crippen LogP contribution is 2.33. The summed E-state index contributed by atoms with van der Waals surface area (Å²) in [6.45, 7) is 3.13. The Balaban J connectivity index is 1.30. The smallest absolute Gasteiger partial charge is 0.259 e. The third-order valence-electron chi connectivity index (χ3n) is 7.17. The second-order valence-corrected chi connectivity index (χ2v) is 10.4. The number of aromatic amines is 1. The first-order valence-corrected chi connectivity index (χ1v) is 14.6. The van der Waals surface area contributed by atoms with Crippen LogP contribution in [0.4, 0.5) is 11.4 Å². The number of carbonyl (C=O) groups excluding carboxylic acids is 2. The van der Waals surface area contributed by atoms with Gasteiger partial charge in [0.1, 0.15) is 23.9 Å². The minimum atomic E-state index is -0.372. The first-order valence-electron chi connectivity index (χ1n) is 14.6. The molecule has 5 aromatic rings. The number of nitrogens with zero attached hydrogens (tertiary/aromatic N) is 4. The second-order valence-electron chi connectivity index (χ2n) is 10.4. The van der Waals surface area contributed by atoms with Gasteiger partial charge in [0.25, 0.3) is 11.8 Å². The summed E-state index contributed by atoms with van der Waals surface area (Å²) in [4.78, 5) is 28.4. The van der Waals surface area contributed by atoms with Crippen molar-refractivity contribution < 1.29 is 23.8 Å². The Bertz CT molecular complexity index is 1790. The monoisotopic (exact) mass is 621 g/mol. The highest BCUT2D eigenvalue weighted by molar-refractivity contribution is 6.09. The van der Waals surface area contributed by atoms with Crippen LogP contribution in [0.15, 0.2) is 84.9 Å². The fourth-order valence-electron chi connectivity index (χ4n) is 4.68. The van der Waals surface area contributed by atoms with E-state index >= 15 is 0 Å². The van der Waals surface area contributed by atoms with Crippen molar-refractivity contribution in [3.63, 3.8) is 0 Å². The van der Waals surface area contributed by atoms with Crippen molar-refractivity contribution in [3.8, 4) is 28.6 Å². The maximum Gasteiger partial charge on any atom is 0.259 e. The molecule has 236 valence electrons. The number of methoxy groups -OCH3 is 1. The summed E-state index contributed by atoms with van der Waals surface area (Å²) < 4.78 is 17.5. The molecule has 2 amide bonds. The quantitative estimate of drug-likeness (QED) is 0.154. The van der Waals surface area contributed by atoms with Gasteiger partial charge in [0.05, 0.1) is 30.7 Å². The van der Waals surface area contributed by atoms with Gasteiger partial charge in [-0.25, -0.2) is 0 Å². The van der Waals surface area contributed by atoms with Gasteiger partial charge < -0.3 is 30.2 Å². The van der Waals surface area contributed by atoms with E-state index in [2.05, 4.69) is 25.9 Å². The number of tetrazole rings is 1. The number of ether oxygens (including phenoxy) is 3. The molecule has 0 aliphatic rings. The zero-order chi connectivity index (χ0) is 32.5. The Labute approximate surface area is 266 Å². The maximum absolute atomic E-state index is 13.7. The molecule has 0 aliphatic carbocycles. The van der Waals surface area contributed by atoms with Crippen LogP contribution in [-0.2, 0) is 6.61 Å². The molecule has 4 N–H and O–H groups in total. The van der Waals surface area contributed by atoms with Crippen LogP contribution in [0, 0.1) is 6.92 Å². The largest absolute Gasteiger partial charge is 0.495 e. The van der Waals surface area contributed by atoms with Crippen LogP contribution in [0.2, 0.25) is 0 Å². The van der Waals surface area contributed by atoms with E-state index in [0.717, 1.165) is 16.7 Å². The fourth-order valence-corrected chi connectivity index (χ4v) is 4.68. The van der Waals surface area contributed by atoms with Gasteiger partial charge in [0.2, 0.25) is 5.82 Å². The normalized spacial score (nSPS) is 10.7. The van der Waals surface area contributed by atoms with E-state index in [4.69, 9.17) is 19.9 Å². The van der Waals surface area contributed by atoms with Crippen molar-refractivity contribution in [2.75, 3.05) is 37.5 Å². The first kappa shape index (κ1) is 31.7.